The molecule has 15 nitrogen and oxygen atoms in total. The minimum atomic E-state index is -0.571. The van der Waals surface area contributed by atoms with Gasteiger partial charge in [0.05, 0.1) is 71.4 Å². The van der Waals surface area contributed by atoms with Crippen LogP contribution < -0.4 is 20.7 Å². The Morgan fingerprint density at radius 1 is 0.846 bits per heavy atom. The summed E-state index contributed by atoms with van der Waals surface area (Å²) in [6.45, 7) is 10.7. The number of amides is 2. The lowest BCUT2D eigenvalue weighted by Gasteiger charge is -2.13. The summed E-state index contributed by atoms with van der Waals surface area (Å²) in [6.07, 6.45) is 2.21. The van der Waals surface area contributed by atoms with Crippen molar-refractivity contribution >= 4 is 57.7 Å². The molecule has 8 rings (SSSR count). The van der Waals surface area contributed by atoms with Crippen LogP contribution in [0.5, 0.6) is 5.75 Å². The molecule has 2 amide bonds. The van der Waals surface area contributed by atoms with Gasteiger partial charge in [-0.05, 0) is 98.1 Å². The van der Waals surface area contributed by atoms with Crippen LogP contribution in [0.25, 0.3) is 16.1 Å². The van der Waals surface area contributed by atoms with Crippen LogP contribution in [0, 0.1) is 20.8 Å². The molecule has 0 bridgehead atoms. The van der Waals surface area contributed by atoms with Crippen molar-refractivity contribution in [2.45, 2.75) is 39.7 Å². The van der Waals surface area contributed by atoms with E-state index in [2.05, 4.69) is 45.0 Å². The Morgan fingerprint density at radius 2 is 1.54 bits per heavy atom. The van der Waals surface area contributed by atoms with Crippen LogP contribution in [0.1, 0.15) is 51.2 Å². The summed E-state index contributed by atoms with van der Waals surface area (Å²) in [6, 6.07) is 24.2. The molecule has 17 heteroatoms. The minimum absolute atomic E-state index is 0.0156. The highest BCUT2D eigenvalue weighted by molar-refractivity contribution is 7.15. The molecule has 2 aliphatic heterocycles. The van der Waals surface area contributed by atoms with Crippen molar-refractivity contribution in [3.05, 3.63) is 129 Å². The number of fused-ring (bicyclic) bond motifs is 4. The fraction of sp³-hybridized carbons (Fsp3) is 0.333. The fourth-order valence-corrected chi connectivity index (χ4v) is 8.89. The number of nitrogens with zero attached hydrogens (tertiary/aromatic N) is 5. The Kier molecular flexibility index (Phi) is 15.3. The van der Waals surface area contributed by atoms with E-state index in [0.717, 1.165) is 61.4 Å². The number of anilines is 3. The molecule has 5 heterocycles. The number of nitrogens with one attached hydrogen (secondary N) is 3. The maximum atomic E-state index is 13.5. The van der Waals surface area contributed by atoms with Crippen molar-refractivity contribution in [3.63, 3.8) is 0 Å². The number of hydrogen-bond donors (Lipinski definition) is 3. The van der Waals surface area contributed by atoms with Gasteiger partial charge in [0.1, 0.15) is 35.0 Å². The van der Waals surface area contributed by atoms with E-state index < -0.39 is 6.04 Å². The molecule has 0 radical (unpaired) electrons. The summed E-state index contributed by atoms with van der Waals surface area (Å²) >= 11 is 7.91. The normalized spacial score (nSPS) is 13.9. The third-order valence-corrected chi connectivity index (χ3v) is 12.3. The molecule has 65 heavy (non-hydrogen) atoms. The first kappa shape index (κ1) is 45.6. The first-order valence-electron chi connectivity index (χ1n) is 21.5. The summed E-state index contributed by atoms with van der Waals surface area (Å²) in [4.78, 5) is 36.1. The Morgan fingerprint density at radius 3 is 2.28 bits per heavy atom. The van der Waals surface area contributed by atoms with E-state index in [1.54, 1.807) is 29.7 Å². The molecule has 1 atom stereocenters. The van der Waals surface area contributed by atoms with Gasteiger partial charge >= 0.3 is 0 Å². The van der Waals surface area contributed by atoms with Gasteiger partial charge in [0.25, 0.3) is 0 Å². The average molecular weight is 920 g/mol. The first-order chi connectivity index (χ1) is 31.7. The molecule has 0 saturated carbocycles. The van der Waals surface area contributed by atoms with E-state index in [9.17, 15) is 9.59 Å². The number of ether oxygens (including phenoxy) is 5. The van der Waals surface area contributed by atoms with Gasteiger partial charge in [0.15, 0.2) is 5.82 Å². The lowest BCUT2D eigenvalue weighted by Crippen LogP contribution is -2.17. The second-order valence-corrected chi connectivity index (χ2v) is 17.0. The smallest absolute Gasteiger partial charge is 0.228 e. The van der Waals surface area contributed by atoms with E-state index >= 15 is 0 Å². The SMILES string of the molecule is Cc1sc2c(c1C)C(c1ccc(Cl)cc1)=N[C@@H](CC(=O)Nc1ccc(OCCOCCOCCOCCOCCNc3ncccc3-c3ccc4c(c3)CC(=O)N4)cc1)c1nnc(C)n1-2. The molecule has 0 fully saturated rings. The predicted octanol–water partition coefficient (Wildman–Crippen LogP) is 7.94. The monoisotopic (exact) mass is 918 g/mol. The average Bonchev–Trinajstić information content (AvgIpc) is 3.94. The fourth-order valence-electron chi connectivity index (χ4n) is 7.55. The third kappa shape index (κ3) is 11.5. The summed E-state index contributed by atoms with van der Waals surface area (Å²) in [7, 11) is 0. The molecular weight excluding hydrogens is 868 g/mol. The predicted molar refractivity (Wildman–Crippen MR) is 252 cm³/mol. The van der Waals surface area contributed by atoms with Crippen LogP contribution in [0.3, 0.4) is 0 Å². The first-order valence-corrected chi connectivity index (χ1v) is 22.7. The Hall–Kier alpha value is -6.01. The number of aromatic nitrogens is 4. The van der Waals surface area contributed by atoms with E-state index in [0.29, 0.717) is 94.7 Å². The maximum Gasteiger partial charge on any atom is 0.228 e. The zero-order valence-electron chi connectivity index (χ0n) is 36.5. The van der Waals surface area contributed by atoms with Crippen molar-refractivity contribution in [1.29, 1.82) is 0 Å². The molecule has 0 aliphatic carbocycles. The number of benzene rings is 3. The maximum absolute atomic E-state index is 13.5. The number of rotatable bonds is 22. The van der Waals surface area contributed by atoms with Crippen LogP contribution in [0.15, 0.2) is 90.1 Å². The molecule has 3 aromatic carbocycles. The van der Waals surface area contributed by atoms with Gasteiger partial charge < -0.3 is 39.6 Å². The van der Waals surface area contributed by atoms with Gasteiger partial charge in [-0.2, -0.15) is 0 Å². The molecule has 338 valence electrons. The number of pyridine rings is 1. The van der Waals surface area contributed by atoms with Gasteiger partial charge in [0, 0.05) is 50.7 Å². The zero-order chi connectivity index (χ0) is 45.1. The zero-order valence-corrected chi connectivity index (χ0v) is 38.1. The summed E-state index contributed by atoms with van der Waals surface area (Å²) < 4.78 is 30.5. The van der Waals surface area contributed by atoms with Crippen LogP contribution in [0.2, 0.25) is 5.02 Å². The standard InChI is InChI=1S/C48H51ClN8O7S/c1-30-31(2)65-48-44(30)45(33-6-9-36(49)10-7-33)54-41(47-56-55-32(3)57(47)48)29-43(59)52-37-11-13-38(14-12-37)64-26-25-63-24-23-62-22-21-61-20-19-60-18-17-51-46-39(5-4-16-50-46)34-8-15-40-35(27-34)28-42(58)53-40/h4-16,27,41H,17-26,28-29H2,1-3H3,(H,50,51)(H,52,59)(H,53,58)/t41-/m0/s1. The van der Waals surface area contributed by atoms with Crippen LogP contribution in [0.4, 0.5) is 17.2 Å². The number of halogens is 1. The number of carbonyl (C=O) groups excluding carboxylic acids is 2. The van der Waals surface area contributed by atoms with Crippen molar-refractivity contribution in [3.8, 4) is 21.9 Å². The van der Waals surface area contributed by atoms with Crippen LogP contribution in [-0.4, -0.2) is 103 Å². The Balaban J connectivity index is 0.680. The van der Waals surface area contributed by atoms with Crippen LogP contribution in [-0.2, 0) is 35.0 Å². The second-order valence-electron chi connectivity index (χ2n) is 15.4. The number of thiophene rings is 1. The van der Waals surface area contributed by atoms with Gasteiger partial charge in [-0.1, -0.05) is 29.8 Å². The second kappa shape index (κ2) is 21.8. The quantitative estimate of drug-likeness (QED) is 0.0565. The highest BCUT2D eigenvalue weighted by Gasteiger charge is 2.32. The third-order valence-electron chi connectivity index (χ3n) is 10.9. The molecular formula is C48H51ClN8O7S. The molecule has 0 spiro atoms. The molecule has 0 unspecified atom stereocenters. The molecule has 3 aromatic heterocycles. The topological polar surface area (TPSA) is 172 Å². The van der Waals surface area contributed by atoms with Crippen molar-refractivity contribution in [2.75, 3.05) is 82.0 Å². The summed E-state index contributed by atoms with van der Waals surface area (Å²) in [5, 5.41) is 19.8. The number of hydrogen-bond acceptors (Lipinski definition) is 13. The van der Waals surface area contributed by atoms with E-state index in [4.69, 9.17) is 40.3 Å². The van der Waals surface area contributed by atoms with E-state index in [1.165, 1.54) is 4.88 Å². The summed E-state index contributed by atoms with van der Waals surface area (Å²) in [5.41, 5.74) is 8.34. The highest BCUT2D eigenvalue weighted by atomic mass is 35.5. The van der Waals surface area contributed by atoms with Gasteiger partial charge in [-0.15, -0.1) is 21.5 Å². The van der Waals surface area contributed by atoms with Crippen LogP contribution >= 0.6 is 22.9 Å². The summed E-state index contributed by atoms with van der Waals surface area (Å²) in [5.74, 6) is 2.60. The van der Waals surface area contributed by atoms with E-state index in [1.807, 2.05) is 78.2 Å². The van der Waals surface area contributed by atoms with Gasteiger partial charge in [-0.3, -0.25) is 19.1 Å². The molecule has 3 N–H and O–H groups in total. The van der Waals surface area contributed by atoms with Crippen molar-refractivity contribution in [1.82, 2.24) is 19.7 Å². The minimum Gasteiger partial charge on any atom is -0.491 e. The van der Waals surface area contributed by atoms with Gasteiger partial charge in [0.2, 0.25) is 11.8 Å². The molecule has 6 aromatic rings. The number of aliphatic imine (C=N–C) groups is 1. The van der Waals surface area contributed by atoms with Crippen molar-refractivity contribution < 1.29 is 33.3 Å². The molecule has 0 saturated heterocycles. The molecule has 2 aliphatic rings. The highest BCUT2D eigenvalue weighted by Crippen LogP contribution is 2.40. The number of carbonyl (C=O) groups is 2. The lowest BCUT2D eigenvalue weighted by molar-refractivity contribution is -0.117. The lowest BCUT2D eigenvalue weighted by atomic mass is 9.99. The Labute approximate surface area is 386 Å². The van der Waals surface area contributed by atoms with Gasteiger partial charge in [-0.25, -0.2) is 4.98 Å². The van der Waals surface area contributed by atoms with E-state index in [-0.39, 0.29) is 18.2 Å². The Bertz CT molecular complexity index is 2630. The number of aryl methyl sites for hydroxylation is 2. The largest absolute Gasteiger partial charge is 0.491 e. The van der Waals surface area contributed by atoms with Crippen molar-refractivity contribution in [2.24, 2.45) is 4.99 Å².